The molecule has 0 bridgehead atoms. The fourth-order valence-electron chi connectivity index (χ4n) is 1.30. The fourth-order valence-corrected chi connectivity index (χ4v) is 2.04. The van der Waals surface area contributed by atoms with Crippen LogP contribution in [0.2, 0.25) is 0 Å². The van der Waals surface area contributed by atoms with E-state index in [1.54, 1.807) is 30.4 Å². The quantitative estimate of drug-likeness (QED) is 0.882. The van der Waals surface area contributed by atoms with Gasteiger partial charge in [-0.1, -0.05) is 23.9 Å². The van der Waals surface area contributed by atoms with Gasteiger partial charge in [-0.05, 0) is 24.6 Å². The Balaban J connectivity index is 2.11. The molecule has 0 radical (unpaired) electrons. The second kappa shape index (κ2) is 5.09. The van der Waals surface area contributed by atoms with E-state index in [-0.39, 0.29) is 6.04 Å². The van der Waals surface area contributed by atoms with Crippen LogP contribution in [0.5, 0.6) is 0 Å². The number of hydrogen-bond acceptors (Lipinski definition) is 4. The van der Waals surface area contributed by atoms with Crippen molar-refractivity contribution < 1.29 is 0 Å². The fraction of sp³-hybridized carbons (Fsp3) is 0.167. The molecule has 16 heavy (non-hydrogen) atoms. The van der Waals surface area contributed by atoms with E-state index >= 15 is 0 Å². The van der Waals surface area contributed by atoms with Crippen molar-refractivity contribution in [3.8, 4) is 0 Å². The van der Waals surface area contributed by atoms with Crippen molar-refractivity contribution in [2.75, 3.05) is 0 Å². The van der Waals surface area contributed by atoms with E-state index in [9.17, 15) is 0 Å². The van der Waals surface area contributed by atoms with E-state index in [1.807, 2.05) is 19.1 Å². The zero-order chi connectivity index (χ0) is 11.4. The Bertz CT molecular complexity index is 440. The summed E-state index contributed by atoms with van der Waals surface area (Å²) in [6.45, 7) is 1.98. The average Bonchev–Trinajstić information content (AvgIpc) is 2.31. The summed E-state index contributed by atoms with van der Waals surface area (Å²) in [5.74, 6) is 0. The van der Waals surface area contributed by atoms with Crippen molar-refractivity contribution in [1.29, 1.82) is 0 Å². The summed E-state index contributed by atoms with van der Waals surface area (Å²) in [5.41, 5.74) is 6.93. The van der Waals surface area contributed by atoms with Gasteiger partial charge in [0.05, 0.1) is 6.20 Å². The summed E-state index contributed by atoms with van der Waals surface area (Å²) in [7, 11) is 0. The lowest BCUT2D eigenvalue weighted by Crippen LogP contribution is -2.04. The van der Waals surface area contributed by atoms with Crippen LogP contribution in [-0.4, -0.2) is 9.97 Å². The van der Waals surface area contributed by atoms with Crippen LogP contribution in [-0.2, 0) is 0 Å². The predicted molar refractivity (Wildman–Crippen MR) is 65.2 cm³/mol. The van der Waals surface area contributed by atoms with E-state index in [0.717, 1.165) is 15.5 Å². The Hall–Kier alpha value is -1.39. The van der Waals surface area contributed by atoms with Crippen LogP contribution in [0.15, 0.2) is 52.8 Å². The van der Waals surface area contributed by atoms with Gasteiger partial charge in [-0.2, -0.15) is 0 Å². The number of aromatic nitrogens is 2. The van der Waals surface area contributed by atoms with E-state index in [2.05, 4.69) is 22.1 Å². The van der Waals surface area contributed by atoms with Crippen LogP contribution in [0.25, 0.3) is 0 Å². The molecular weight excluding hydrogens is 218 g/mol. The van der Waals surface area contributed by atoms with Crippen LogP contribution in [0.3, 0.4) is 0 Å². The summed E-state index contributed by atoms with van der Waals surface area (Å²) < 4.78 is 0. The molecule has 1 heterocycles. The second-order valence-electron chi connectivity index (χ2n) is 3.50. The molecule has 1 atom stereocenters. The molecular formula is C12H13N3S. The predicted octanol–water partition coefficient (Wildman–Crippen LogP) is 2.65. The van der Waals surface area contributed by atoms with E-state index in [0.29, 0.717) is 0 Å². The topological polar surface area (TPSA) is 51.8 Å². The number of rotatable bonds is 3. The lowest BCUT2D eigenvalue weighted by Gasteiger charge is -2.06. The average molecular weight is 231 g/mol. The molecule has 0 saturated heterocycles. The molecule has 0 spiro atoms. The van der Waals surface area contributed by atoms with Crippen molar-refractivity contribution in [1.82, 2.24) is 9.97 Å². The molecule has 0 aliphatic carbocycles. The van der Waals surface area contributed by atoms with Crippen molar-refractivity contribution in [2.45, 2.75) is 22.9 Å². The maximum absolute atomic E-state index is 5.79. The van der Waals surface area contributed by atoms with Gasteiger partial charge in [0.15, 0.2) is 0 Å². The van der Waals surface area contributed by atoms with Gasteiger partial charge in [0.1, 0.15) is 5.03 Å². The van der Waals surface area contributed by atoms with Crippen molar-refractivity contribution >= 4 is 11.8 Å². The van der Waals surface area contributed by atoms with Gasteiger partial charge in [0.25, 0.3) is 0 Å². The first kappa shape index (κ1) is 11.1. The molecule has 1 aromatic carbocycles. The molecule has 0 amide bonds. The Morgan fingerprint density at radius 2 is 1.94 bits per heavy atom. The number of nitrogens with zero attached hydrogens (tertiary/aromatic N) is 2. The van der Waals surface area contributed by atoms with Crippen LogP contribution in [0, 0.1) is 0 Å². The Labute approximate surface area is 99.1 Å². The highest BCUT2D eigenvalue weighted by atomic mass is 32.2. The molecule has 1 aromatic heterocycles. The summed E-state index contributed by atoms with van der Waals surface area (Å²) in [5, 5.41) is 0.899. The van der Waals surface area contributed by atoms with Gasteiger partial charge in [-0.3, -0.25) is 4.98 Å². The monoisotopic (exact) mass is 231 g/mol. The molecule has 0 fully saturated rings. The van der Waals surface area contributed by atoms with Gasteiger partial charge >= 0.3 is 0 Å². The Morgan fingerprint density at radius 1 is 1.19 bits per heavy atom. The van der Waals surface area contributed by atoms with E-state index in [1.165, 1.54) is 0 Å². The largest absolute Gasteiger partial charge is 0.324 e. The molecule has 0 unspecified atom stereocenters. The molecule has 4 heteroatoms. The Kier molecular flexibility index (Phi) is 3.54. The third kappa shape index (κ3) is 2.81. The second-order valence-corrected chi connectivity index (χ2v) is 4.60. The lowest BCUT2D eigenvalue weighted by molar-refractivity contribution is 0.817. The van der Waals surface area contributed by atoms with E-state index < -0.39 is 0 Å². The van der Waals surface area contributed by atoms with Crippen LogP contribution >= 0.6 is 11.8 Å². The highest BCUT2D eigenvalue weighted by molar-refractivity contribution is 7.99. The molecule has 3 nitrogen and oxygen atoms in total. The van der Waals surface area contributed by atoms with E-state index in [4.69, 9.17) is 5.73 Å². The van der Waals surface area contributed by atoms with Crippen molar-refractivity contribution in [2.24, 2.45) is 5.73 Å². The van der Waals surface area contributed by atoms with Gasteiger partial charge in [0.2, 0.25) is 0 Å². The normalized spacial score (nSPS) is 12.4. The molecule has 2 N–H and O–H groups in total. The van der Waals surface area contributed by atoms with Gasteiger partial charge in [0, 0.05) is 23.3 Å². The molecule has 0 aliphatic rings. The van der Waals surface area contributed by atoms with Crippen molar-refractivity contribution in [3.05, 3.63) is 48.4 Å². The van der Waals surface area contributed by atoms with Crippen LogP contribution < -0.4 is 5.73 Å². The third-order valence-corrected chi connectivity index (χ3v) is 3.10. The zero-order valence-corrected chi connectivity index (χ0v) is 9.82. The highest BCUT2D eigenvalue weighted by Gasteiger charge is 2.01. The summed E-state index contributed by atoms with van der Waals surface area (Å²) in [6.07, 6.45) is 5.12. The maximum atomic E-state index is 5.79. The van der Waals surface area contributed by atoms with Gasteiger partial charge in [-0.15, -0.1) is 0 Å². The minimum atomic E-state index is 0.0792. The zero-order valence-electron chi connectivity index (χ0n) is 9.00. The van der Waals surface area contributed by atoms with Gasteiger partial charge in [-0.25, -0.2) is 4.98 Å². The molecule has 2 rings (SSSR count). The minimum absolute atomic E-state index is 0.0792. The van der Waals surface area contributed by atoms with Gasteiger partial charge < -0.3 is 5.73 Å². The summed E-state index contributed by atoms with van der Waals surface area (Å²) >= 11 is 1.59. The highest BCUT2D eigenvalue weighted by Crippen LogP contribution is 2.25. The summed E-state index contributed by atoms with van der Waals surface area (Å²) in [6, 6.07) is 8.28. The number of hydrogen-bond donors (Lipinski definition) is 1. The third-order valence-electron chi connectivity index (χ3n) is 2.17. The maximum Gasteiger partial charge on any atom is 0.119 e. The Morgan fingerprint density at radius 3 is 2.50 bits per heavy atom. The summed E-state index contributed by atoms with van der Waals surface area (Å²) in [4.78, 5) is 9.37. The smallest absolute Gasteiger partial charge is 0.119 e. The standard InChI is InChI=1S/C12H13N3S/c1-9(13)10-2-4-11(5-3-10)16-12-8-14-6-7-15-12/h2-9H,13H2,1H3/t9-/m0/s1. The minimum Gasteiger partial charge on any atom is -0.324 e. The molecule has 0 aliphatic heterocycles. The molecule has 0 saturated carbocycles. The van der Waals surface area contributed by atoms with Crippen molar-refractivity contribution in [3.63, 3.8) is 0 Å². The number of benzene rings is 1. The lowest BCUT2D eigenvalue weighted by atomic mass is 10.1. The van der Waals surface area contributed by atoms with Crippen LogP contribution in [0.4, 0.5) is 0 Å². The first-order valence-corrected chi connectivity index (χ1v) is 5.87. The molecule has 82 valence electrons. The SMILES string of the molecule is C[C@H](N)c1ccc(Sc2cnccn2)cc1. The first-order valence-electron chi connectivity index (χ1n) is 5.05. The number of nitrogens with two attached hydrogens (primary N) is 1. The molecule has 2 aromatic rings. The van der Waals surface area contributed by atoms with Crippen LogP contribution in [0.1, 0.15) is 18.5 Å². The first-order chi connectivity index (χ1) is 7.75.